The standard InChI is InChI=1S/C12H20N2O2S2/c1-10-7-11(8-13)9-14(10)18(15,16)6-4-12-3-2-5-17-12/h2-3,5,10-11H,4,6-9,13H2,1H3. The van der Waals surface area contributed by atoms with Crippen LogP contribution in [0.25, 0.3) is 0 Å². The zero-order valence-electron chi connectivity index (χ0n) is 10.6. The molecule has 1 aliphatic heterocycles. The Balaban J connectivity index is 1.98. The van der Waals surface area contributed by atoms with Crippen molar-refractivity contribution in [2.24, 2.45) is 11.7 Å². The molecule has 1 aromatic heterocycles. The second kappa shape index (κ2) is 5.69. The smallest absolute Gasteiger partial charge is 0.214 e. The van der Waals surface area contributed by atoms with E-state index in [-0.39, 0.29) is 11.8 Å². The topological polar surface area (TPSA) is 63.4 Å². The molecule has 2 unspecified atom stereocenters. The van der Waals surface area contributed by atoms with Crippen LogP contribution in [0.3, 0.4) is 0 Å². The maximum absolute atomic E-state index is 12.3. The van der Waals surface area contributed by atoms with Crippen LogP contribution in [0, 0.1) is 5.92 Å². The van der Waals surface area contributed by atoms with Gasteiger partial charge in [0.15, 0.2) is 0 Å². The fourth-order valence-electron chi connectivity index (χ4n) is 2.47. The quantitative estimate of drug-likeness (QED) is 0.888. The lowest BCUT2D eigenvalue weighted by molar-refractivity contribution is 0.404. The predicted octanol–water partition coefficient (Wildman–Crippen LogP) is 1.29. The molecular weight excluding hydrogens is 268 g/mol. The van der Waals surface area contributed by atoms with Crippen LogP contribution in [0.15, 0.2) is 17.5 Å². The lowest BCUT2D eigenvalue weighted by Crippen LogP contribution is -2.36. The van der Waals surface area contributed by atoms with Gasteiger partial charge in [0.25, 0.3) is 0 Å². The van der Waals surface area contributed by atoms with E-state index in [1.165, 1.54) is 0 Å². The van der Waals surface area contributed by atoms with Gasteiger partial charge in [-0.15, -0.1) is 11.3 Å². The molecule has 2 atom stereocenters. The minimum atomic E-state index is -3.14. The highest BCUT2D eigenvalue weighted by Crippen LogP contribution is 2.26. The lowest BCUT2D eigenvalue weighted by atomic mass is 10.1. The Morgan fingerprint density at radius 1 is 1.56 bits per heavy atom. The largest absolute Gasteiger partial charge is 0.330 e. The molecule has 0 aliphatic carbocycles. The first-order valence-electron chi connectivity index (χ1n) is 6.25. The minimum absolute atomic E-state index is 0.0897. The van der Waals surface area contributed by atoms with Crippen LogP contribution in [-0.4, -0.2) is 37.6 Å². The number of aryl methyl sites for hydroxylation is 1. The molecule has 6 heteroatoms. The maximum Gasteiger partial charge on any atom is 0.214 e. The zero-order valence-corrected chi connectivity index (χ0v) is 12.2. The third-order valence-corrected chi connectivity index (χ3v) is 6.36. The van der Waals surface area contributed by atoms with Crippen molar-refractivity contribution in [2.75, 3.05) is 18.8 Å². The van der Waals surface area contributed by atoms with E-state index in [4.69, 9.17) is 5.73 Å². The molecule has 1 aromatic rings. The first-order valence-corrected chi connectivity index (χ1v) is 8.74. The van der Waals surface area contributed by atoms with E-state index in [9.17, 15) is 8.42 Å². The summed E-state index contributed by atoms with van der Waals surface area (Å²) < 4.78 is 26.2. The first-order chi connectivity index (χ1) is 8.53. The van der Waals surface area contributed by atoms with Crippen molar-refractivity contribution in [3.63, 3.8) is 0 Å². The Labute approximate surface area is 113 Å². The average molecular weight is 288 g/mol. The molecule has 2 rings (SSSR count). The second-order valence-electron chi connectivity index (χ2n) is 4.90. The average Bonchev–Trinajstić information content (AvgIpc) is 2.95. The van der Waals surface area contributed by atoms with Crippen LogP contribution in [0.4, 0.5) is 0 Å². The normalized spacial score (nSPS) is 25.7. The van der Waals surface area contributed by atoms with E-state index in [1.54, 1.807) is 15.6 Å². The molecule has 0 saturated carbocycles. The van der Waals surface area contributed by atoms with E-state index < -0.39 is 10.0 Å². The summed E-state index contributed by atoms with van der Waals surface area (Å²) in [5.41, 5.74) is 5.63. The van der Waals surface area contributed by atoms with Gasteiger partial charge in [-0.05, 0) is 43.7 Å². The summed E-state index contributed by atoms with van der Waals surface area (Å²) in [5.74, 6) is 0.520. The van der Waals surface area contributed by atoms with E-state index in [2.05, 4.69) is 0 Å². The molecular formula is C12H20N2O2S2. The molecule has 102 valence electrons. The van der Waals surface area contributed by atoms with Crippen molar-refractivity contribution in [3.05, 3.63) is 22.4 Å². The summed E-state index contributed by atoms with van der Waals surface area (Å²) in [6, 6.07) is 4.03. The third kappa shape index (κ3) is 3.12. The summed E-state index contributed by atoms with van der Waals surface area (Å²) >= 11 is 1.61. The summed E-state index contributed by atoms with van der Waals surface area (Å²) in [5, 5.41) is 1.98. The highest BCUT2D eigenvalue weighted by atomic mass is 32.2. The molecule has 1 saturated heterocycles. The van der Waals surface area contributed by atoms with Gasteiger partial charge >= 0.3 is 0 Å². The number of rotatable bonds is 5. The summed E-state index contributed by atoms with van der Waals surface area (Å²) in [4.78, 5) is 1.13. The molecule has 1 aliphatic rings. The number of hydrogen-bond acceptors (Lipinski definition) is 4. The molecule has 2 N–H and O–H groups in total. The highest BCUT2D eigenvalue weighted by Gasteiger charge is 2.35. The monoisotopic (exact) mass is 288 g/mol. The number of sulfonamides is 1. The number of hydrogen-bond donors (Lipinski definition) is 1. The highest BCUT2D eigenvalue weighted by molar-refractivity contribution is 7.89. The van der Waals surface area contributed by atoms with Crippen molar-refractivity contribution < 1.29 is 8.42 Å². The summed E-state index contributed by atoms with van der Waals surface area (Å²) in [6.45, 7) is 3.13. The van der Waals surface area contributed by atoms with E-state index in [1.807, 2.05) is 24.4 Å². The van der Waals surface area contributed by atoms with Gasteiger partial charge in [-0.2, -0.15) is 4.31 Å². The predicted molar refractivity (Wildman–Crippen MR) is 75.1 cm³/mol. The second-order valence-corrected chi connectivity index (χ2v) is 7.97. The van der Waals surface area contributed by atoms with Crippen molar-refractivity contribution in [1.29, 1.82) is 0 Å². The molecule has 0 bridgehead atoms. The fourth-order valence-corrected chi connectivity index (χ4v) is 5.09. The lowest BCUT2D eigenvalue weighted by Gasteiger charge is -2.20. The van der Waals surface area contributed by atoms with Gasteiger partial charge in [-0.3, -0.25) is 0 Å². The fraction of sp³-hybridized carbons (Fsp3) is 0.667. The minimum Gasteiger partial charge on any atom is -0.330 e. The molecule has 1 fully saturated rings. The SMILES string of the molecule is CC1CC(CN)CN1S(=O)(=O)CCc1cccs1. The maximum atomic E-state index is 12.3. The molecule has 2 heterocycles. The zero-order chi connectivity index (χ0) is 13.2. The Morgan fingerprint density at radius 3 is 2.89 bits per heavy atom. The van der Waals surface area contributed by atoms with E-state index in [0.29, 0.717) is 25.4 Å². The molecule has 0 spiro atoms. The van der Waals surface area contributed by atoms with Crippen molar-refractivity contribution in [3.8, 4) is 0 Å². The van der Waals surface area contributed by atoms with Gasteiger partial charge < -0.3 is 5.73 Å². The van der Waals surface area contributed by atoms with Gasteiger partial charge in [-0.1, -0.05) is 6.07 Å². The molecule has 0 amide bonds. The van der Waals surface area contributed by atoms with Gasteiger partial charge in [0, 0.05) is 17.5 Å². The van der Waals surface area contributed by atoms with Crippen LogP contribution < -0.4 is 5.73 Å². The van der Waals surface area contributed by atoms with E-state index in [0.717, 1.165) is 11.3 Å². The Bertz CT molecular complexity index is 470. The summed E-state index contributed by atoms with van der Waals surface area (Å²) in [6.07, 6.45) is 1.49. The van der Waals surface area contributed by atoms with Crippen molar-refractivity contribution in [1.82, 2.24) is 4.31 Å². The Morgan fingerprint density at radius 2 is 2.33 bits per heavy atom. The Kier molecular flexibility index (Phi) is 4.42. The summed E-state index contributed by atoms with van der Waals surface area (Å²) in [7, 11) is -3.14. The number of nitrogens with two attached hydrogens (primary N) is 1. The number of thiophene rings is 1. The first kappa shape index (κ1) is 14.0. The van der Waals surface area contributed by atoms with Crippen molar-refractivity contribution in [2.45, 2.75) is 25.8 Å². The molecule has 18 heavy (non-hydrogen) atoms. The molecule has 0 radical (unpaired) electrons. The van der Waals surface area contributed by atoms with Gasteiger partial charge in [0.1, 0.15) is 0 Å². The van der Waals surface area contributed by atoms with Gasteiger partial charge in [-0.25, -0.2) is 8.42 Å². The molecule has 4 nitrogen and oxygen atoms in total. The van der Waals surface area contributed by atoms with Crippen molar-refractivity contribution >= 4 is 21.4 Å². The molecule has 0 aromatic carbocycles. The third-order valence-electron chi connectivity index (χ3n) is 3.48. The van der Waals surface area contributed by atoms with Gasteiger partial charge in [0.05, 0.1) is 5.75 Å². The van der Waals surface area contributed by atoms with Crippen LogP contribution >= 0.6 is 11.3 Å². The van der Waals surface area contributed by atoms with Crippen LogP contribution in [-0.2, 0) is 16.4 Å². The van der Waals surface area contributed by atoms with Crippen LogP contribution in [0.5, 0.6) is 0 Å². The van der Waals surface area contributed by atoms with E-state index >= 15 is 0 Å². The number of nitrogens with zero attached hydrogens (tertiary/aromatic N) is 1. The van der Waals surface area contributed by atoms with Gasteiger partial charge in [0.2, 0.25) is 10.0 Å². The van der Waals surface area contributed by atoms with Crippen LogP contribution in [0.1, 0.15) is 18.2 Å². The van der Waals surface area contributed by atoms with Crippen LogP contribution in [0.2, 0.25) is 0 Å². The Hall–Kier alpha value is -0.430.